The maximum absolute atomic E-state index is 14.5. The third-order valence-electron chi connectivity index (χ3n) is 6.75. The fourth-order valence-corrected chi connectivity index (χ4v) is 4.85. The average molecular weight is 568 g/mol. The lowest BCUT2D eigenvalue weighted by molar-refractivity contribution is -0.119. The van der Waals surface area contributed by atoms with Crippen LogP contribution >= 0.6 is 11.6 Å². The van der Waals surface area contributed by atoms with E-state index in [2.05, 4.69) is 20.5 Å². The summed E-state index contributed by atoms with van der Waals surface area (Å²) in [5.41, 5.74) is 3.32. The van der Waals surface area contributed by atoms with Gasteiger partial charge in [0.2, 0.25) is 0 Å². The molecule has 3 amide bonds. The molecule has 1 heterocycles. The van der Waals surface area contributed by atoms with Crippen molar-refractivity contribution < 1.29 is 14.3 Å². The van der Waals surface area contributed by atoms with Crippen molar-refractivity contribution in [1.29, 1.82) is 0 Å². The summed E-state index contributed by atoms with van der Waals surface area (Å²) in [5, 5.41) is 6.21. The van der Waals surface area contributed by atoms with Crippen LogP contribution in [0.4, 0.5) is 21.9 Å². The van der Waals surface area contributed by atoms with Gasteiger partial charge in [0, 0.05) is 46.8 Å². The van der Waals surface area contributed by atoms with Crippen molar-refractivity contribution in [3.05, 3.63) is 119 Å². The van der Waals surface area contributed by atoms with Gasteiger partial charge in [-0.15, -0.1) is 0 Å². The highest BCUT2D eigenvalue weighted by atomic mass is 35.5. The van der Waals surface area contributed by atoms with Crippen LogP contribution < -0.4 is 20.3 Å². The highest BCUT2D eigenvalue weighted by Gasteiger charge is 2.32. The Hall–Kier alpha value is -4.82. The van der Waals surface area contributed by atoms with E-state index in [4.69, 9.17) is 16.3 Å². The van der Waals surface area contributed by atoms with E-state index >= 15 is 0 Å². The van der Waals surface area contributed by atoms with Crippen molar-refractivity contribution in [1.82, 2.24) is 10.2 Å². The molecule has 2 N–H and O–H groups in total. The van der Waals surface area contributed by atoms with Gasteiger partial charge < -0.3 is 20.3 Å². The van der Waals surface area contributed by atoms with E-state index in [0.29, 0.717) is 33.4 Å². The summed E-state index contributed by atoms with van der Waals surface area (Å²) in [4.78, 5) is 36.0. The first-order valence-corrected chi connectivity index (χ1v) is 13.5. The maximum Gasteiger partial charge on any atom is 0.320 e. The van der Waals surface area contributed by atoms with Gasteiger partial charge in [-0.25, -0.2) is 4.79 Å². The van der Waals surface area contributed by atoms with E-state index in [-0.39, 0.29) is 5.91 Å². The number of halogens is 1. The third-order valence-corrected chi connectivity index (χ3v) is 7.00. The molecule has 1 atom stereocenters. The lowest BCUT2D eigenvalue weighted by Crippen LogP contribution is -2.43. The number of ether oxygens (including phenoxy) is 1. The molecule has 0 aromatic heterocycles. The summed E-state index contributed by atoms with van der Waals surface area (Å²) < 4.78 is 5.59. The number of para-hydroxylation sites is 2. The Balaban J connectivity index is 1.52. The first-order chi connectivity index (χ1) is 19.9. The number of nitrogens with zero attached hydrogens (tertiary/aromatic N) is 3. The standard InChI is InChI=1S/C32H30ClN5O3/c1-37-21-20-34-30(37)22-12-18-26(19-13-22)38(25-8-4-3-5-9-25)31(39)29(27-10-6-7-11-28(27)41-2)36-32(40)35-24-16-14-23(33)15-17-24/h3-19,29H,20-21H2,1-2H3,(H2,35,36,40). The number of nitrogens with one attached hydrogen (secondary N) is 2. The molecular formula is C32H30ClN5O3. The number of methoxy groups -OCH3 is 1. The molecule has 1 aliphatic heterocycles. The van der Waals surface area contributed by atoms with Crippen molar-refractivity contribution in [2.75, 3.05) is 37.5 Å². The fraction of sp³-hybridized carbons (Fsp3) is 0.156. The van der Waals surface area contributed by atoms with Gasteiger partial charge >= 0.3 is 6.03 Å². The van der Waals surface area contributed by atoms with E-state index in [0.717, 1.165) is 24.5 Å². The van der Waals surface area contributed by atoms with Crippen LogP contribution in [-0.4, -0.2) is 49.9 Å². The average Bonchev–Trinajstić information content (AvgIpc) is 3.43. The zero-order valence-corrected chi connectivity index (χ0v) is 23.5. The van der Waals surface area contributed by atoms with Crippen LogP contribution in [0.2, 0.25) is 5.02 Å². The normalized spacial score (nSPS) is 13.2. The van der Waals surface area contributed by atoms with Gasteiger partial charge in [0.15, 0.2) is 0 Å². The smallest absolute Gasteiger partial charge is 0.320 e. The summed E-state index contributed by atoms with van der Waals surface area (Å²) in [6.07, 6.45) is 0. The van der Waals surface area contributed by atoms with Gasteiger partial charge in [-0.1, -0.05) is 48.0 Å². The van der Waals surface area contributed by atoms with Gasteiger partial charge in [-0.05, 0) is 66.7 Å². The lowest BCUT2D eigenvalue weighted by atomic mass is 10.0. The minimum atomic E-state index is -1.08. The largest absolute Gasteiger partial charge is 0.496 e. The Kier molecular flexibility index (Phi) is 8.50. The van der Waals surface area contributed by atoms with Gasteiger partial charge in [-0.2, -0.15) is 0 Å². The predicted molar refractivity (Wildman–Crippen MR) is 163 cm³/mol. The molecule has 8 nitrogen and oxygen atoms in total. The van der Waals surface area contributed by atoms with Crippen LogP contribution in [0.5, 0.6) is 5.75 Å². The highest BCUT2D eigenvalue weighted by Crippen LogP contribution is 2.33. The predicted octanol–water partition coefficient (Wildman–Crippen LogP) is 6.27. The minimum absolute atomic E-state index is 0.366. The van der Waals surface area contributed by atoms with E-state index < -0.39 is 12.1 Å². The molecule has 0 saturated heterocycles. The van der Waals surface area contributed by atoms with Crippen molar-refractivity contribution in [2.45, 2.75) is 6.04 Å². The number of carbonyl (C=O) groups is 2. The topological polar surface area (TPSA) is 86.3 Å². The number of carbonyl (C=O) groups excluding carboxylic acids is 2. The molecule has 4 aromatic rings. The first-order valence-electron chi connectivity index (χ1n) is 13.2. The maximum atomic E-state index is 14.5. The molecule has 41 heavy (non-hydrogen) atoms. The second-order valence-corrected chi connectivity index (χ2v) is 9.90. The molecule has 208 valence electrons. The van der Waals surface area contributed by atoms with Gasteiger partial charge in [0.25, 0.3) is 5.91 Å². The van der Waals surface area contributed by atoms with Crippen LogP contribution in [0.1, 0.15) is 17.2 Å². The Morgan fingerprint density at radius 3 is 2.22 bits per heavy atom. The summed E-state index contributed by atoms with van der Waals surface area (Å²) in [6.45, 7) is 1.63. The van der Waals surface area contributed by atoms with Crippen LogP contribution in [0.15, 0.2) is 108 Å². The van der Waals surface area contributed by atoms with Crippen molar-refractivity contribution >= 4 is 46.4 Å². The molecule has 0 saturated carbocycles. The van der Waals surface area contributed by atoms with Gasteiger partial charge in [0.1, 0.15) is 17.6 Å². The van der Waals surface area contributed by atoms with Crippen LogP contribution in [0.25, 0.3) is 0 Å². The highest BCUT2D eigenvalue weighted by molar-refractivity contribution is 6.30. The molecule has 1 aliphatic rings. The molecule has 0 aliphatic carbocycles. The van der Waals surface area contributed by atoms with E-state index in [9.17, 15) is 9.59 Å². The molecule has 0 fully saturated rings. The number of benzene rings is 4. The molecule has 0 radical (unpaired) electrons. The molecule has 1 unspecified atom stereocenters. The van der Waals surface area contributed by atoms with Crippen molar-refractivity contribution in [3.8, 4) is 5.75 Å². The molecule has 9 heteroatoms. The van der Waals surface area contributed by atoms with E-state index in [1.54, 1.807) is 47.4 Å². The second kappa shape index (κ2) is 12.6. The van der Waals surface area contributed by atoms with Crippen molar-refractivity contribution in [3.63, 3.8) is 0 Å². The third kappa shape index (κ3) is 6.34. The number of amidine groups is 1. The number of urea groups is 1. The zero-order valence-electron chi connectivity index (χ0n) is 22.8. The molecule has 4 aromatic carbocycles. The van der Waals surface area contributed by atoms with E-state index in [1.165, 1.54) is 7.11 Å². The summed E-state index contributed by atoms with van der Waals surface area (Å²) in [5.74, 6) is 1.03. The Morgan fingerprint density at radius 1 is 0.902 bits per heavy atom. The summed E-state index contributed by atoms with van der Waals surface area (Å²) in [6, 6.07) is 29.3. The molecule has 5 rings (SSSR count). The second-order valence-electron chi connectivity index (χ2n) is 9.46. The number of anilines is 3. The molecule has 0 bridgehead atoms. The molecular weight excluding hydrogens is 538 g/mol. The Bertz CT molecular complexity index is 1540. The van der Waals surface area contributed by atoms with Crippen molar-refractivity contribution in [2.24, 2.45) is 4.99 Å². The minimum Gasteiger partial charge on any atom is -0.496 e. The number of hydrogen-bond donors (Lipinski definition) is 2. The quantitative estimate of drug-likeness (QED) is 0.263. The number of likely N-dealkylation sites (N-methyl/N-ethyl adjacent to an activating group) is 1. The Labute approximate surface area is 244 Å². The monoisotopic (exact) mass is 567 g/mol. The Morgan fingerprint density at radius 2 is 1.56 bits per heavy atom. The van der Waals surface area contributed by atoms with Gasteiger partial charge in [0.05, 0.1) is 13.7 Å². The number of aliphatic imine (C=N–C) groups is 1. The number of hydrogen-bond acceptors (Lipinski definition) is 5. The fourth-order valence-electron chi connectivity index (χ4n) is 4.72. The zero-order chi connectivity index (χ0) is 28.8. The first kappa shape index (κ1) is 27.7. The molecule has 0 spiro atoms. The summed E-state index contributed by atoms with van der Waals surface area (Å²) >= 11 is 5.99. The van der Waals surface area contributed by atoms with Crippen LogP contribution in [-0.2, 0) is 4.79 Å². The number of amides is 3. The van der Waals surface area contributed by atoms with Gasteiger partial charge in [-0.3, -0.25) is 14.7 Å². The lowest BCUT2D eigenvalue weighted by Gasteiger charge is -2.29. The van der Waals surface area contributed by atoms with Crippen LogP contribution in [0, 0.1) is 0 Å². The SMILES string of the molecule is COc1ccccc1C(NC(=O)Nc1ccc(Cl)cc1)C(=O)N(c1ccccc1)c1ccc(C2=NCCN2C)cc1. The van der Waals surface area contributed by atoms with E-state index in [1.807, 2.05) is 67.7 Å². The van der Waals surface area contributed by atoms with Crippen LogP contribution in [0.3, 0.4) is 0 Å². The summed E-state index contributed by atoms with van der Waals surface area (Å²) in [7, 11) is 3.54. The number of rotatable bonds is 8.